The molecule has 0 saturated carbocycles. The van der Waals surface area contributed by atoms with Gasteiger partial charge < -0.3 is 15.0 Å². The van der Waals surface area contributed by atoms with Crippen LogP contribution in [0.25, 0.3) is 11.0 Å². The molecule has 0 atom stereocenters. The molecule has 20 heavy (non-hydrogen) atoms. The zero-order chi connectivity index (χ0) is 13.9. The lowest BCUT2D eigenvalue weighted by atomic mass is 10.2. The van der Waals surface area contributed by atoms with Crippen molar-refractivity contribution in [1.82, 2.24) is 9.97 Å². The Morgan fingerprint density at radius 3 is 2.70 bits per heavy atom. The molecule has 102 valence electrons. The average Bonchev–Trinajstić information content (AvgIpc) is 2.83. The van der Waals surface area contributed by atoms with Crippen LogP contribution in [0, 0.1) is 6.92 Å². The van der Waals surface area contributed by atoms with E-state index in [1.807, 2.05) is 37.3 Å². The second-order valence-electron chi connectivity index (χ2n) is 4.69. The number of aromatic amines is 1. The van der Waals surface area contributed by atoms with Crippen molar-refractivity contribution in [1.29, 1.82) is 0 Å². The first-order chi connectivity index (χ1) is 9.74. The summed E-state index contributed by atoms with van der Waals surface area (Å²) in [5.74, 6) is 1.59. The van der Waals surface area contributed by atoms with Gasteiger partial charge in [-0.05, 0) is 38.1 Å². The summed E-state index contributed by atoms with van der Waals surface area (Å²) in [7, 11) is 0. The van der Waals surface area contributed by atoms with Crippen LogP contribution in [0.3, 0.4) is 0 Å². The first kappa shape index (κ1) is 12.5. The van der Waals surface area contributed by atoms with Crippen molar-refractivity contribution in [3.63, 3.8) is 0 Å². The maximum absolute atomic E-state index is 5.49. The molecule has 0 bridgehead atoms. The van der Waals surface area contributed by atoms with Crippen LogP contribution < -0.4 is 10.1 Å². The molecule has 3 rings (SSSR count). The van der Waals surface area contributed by atoms with Gasteiger partial charge in [0.15, 0.2) is 0 Å². The molecule has 2 aromatic carbocycles. The van der Waals surface area contributed by atoms with E-state index in [-0.39, 0.29) is 0 Å². The Balaban J connectivity index is 1.86. The summed E-state index contributed by atoms with van der Waals surface area (Å²) in [6.07, 6.45) is 0. The number of nitrogens with zero attached hydrogens (tertiary/aromatic N) is 1. The number of ether oxygens (including phenoxy) is 1. The quantitative estimate of drug-likeness (QED) is 0.750. The number of hydrogen-bond acceptors (Lipinski definition) is 3. The smallest absolute Gasteiger partial charge is 0.205 e. The van der Waals surface area contributed by atoms with Gasteiger partial charge in [0.05, 0.1) is 17.6 Å². The lowest BCUT2D eigenvalue weighted by Gasteiger charge is -2.02. The largest absolute Gasteiger partial charge is 0.494 e. The molecule has 4 nitrogen and oxygen atoms in total. The van der Waals surface area contributed by atoms with E-state index in [0.29, 0.717) is 6.61 Å². The third kappa shape index (κ3) is 2.59. The highest BCUT2D eigenvalue weighted by molar-refractivity contribution is 5.79. The zero-order valence-corrected chi connectivity index (χ0v) is 11.6. The molecule has 0 fully saturated rings. The standard InChI is InChI=1S/C16H17N3O/c1-3-20-13-8-9-14-15(10-13)19-16(18-14)17-12-6-4-11(2)5-7-12/h4-10H,3H2,1-2H3,(H2,17,18,19). The maximum Gasteiger partial charge on any atom is 0.205 e. The first-order valence-corrected chi connectivity index (χ1v) is 6.71. The van der Waals surface area contributed by atoms with E-state index in [9.17, 15) is 0 Å². The molecular formula is C16H17N3O. The Kier molecular flexibility index (Phi) is 3.29. The molecule has 0 aliphatic rings. The number of aromatic nitrogens is 2. The van der Waals surface area contributed by atoms with E-state index >= 15 is 0 Å². The summed E-state index contributed by atoms with van der Waals surface area (Å²) in [4.78, 5) is 7.76. The van der Waals surface area contributed by atoms with E-state index in [1.165, 1.54) is 5.56 Å². The molecule has 0 aliphatic carbocycles. The molecule has 0 amide bonds. The molecule has 1 aromatic heterocycles. The second-order valence-corrected chi connectivity index (χ2v) is 4.69. The zero-order valence-electron chi connectivity index (χ0n) is 11.6. The third-order valence-electron chi connectivity index (χ3n) is 3.08. The first-order valence-electron chi connectivity index (χ1n) is 6.71. The monoisotopic (exact) mass is 267 g/mol. The normalized spacial score (nSPS) is 10.7. The van der Waals surface area contributed by atoms with Gasteiger partial charge in [-0.3, -0.25) is 0 Å². The molecule has 0 saturated heterocycles. The predicted molar refractivity (Wildman–Crippen MR) is 81.7 cm³/mol. The van der Waals surface area contributed by atoms with Crippen LogP contribution in [0.15, 0.2) is 42.5 Å². The molecule has 0 aliphatic heterocycles. The Morgan fingerprint density at radius 2 is 1.95 bits per heavy atom. The van der Waals surface area contributed by atoms with Crippen LogP contribution >= 0.6 is 0 Å². The van der Waals surface area contributed by atoms with Crippen molar-refractivity contribution in [2.24, 2.45) is 0 Å². The van der Waals surface area contributed by atoms with Gasteiger partial charge in [-0.25, -0.2) is 4.98 Å². The Morgan fingerprint density at radius 1 is 1.15 bits per heavy atom. The Labute approximate surface area is 117 Å². The summed E-state index contributed by atoms with van der Waals surface area (Å²) in [6, 6.07) is 14.1. The van der Waals surface area contributed by atoms with Crippen molar-refractivity contribution < 1.29 is 4.74 Å². The maximum atomic E-state index is 5.49. The van der Waals surface area contributed by atoms with Crippen LogP contribution in [0.2, 0.25) is 0 Å². The molecule has 0 radical (unpaired) electrons. The van der Waals surface area contributed by atoms with Crippen LogP contribution in [0.1, 0.15) is 12.5 Å². The van der Waals surface area contributed by atoms with Gasteiger partial charge in [-0.2, -0.15) is 0 Å². The highest BCUT2D eigenvalue weighted by Crippen LogP contribution is 2.22. The van der Waals surface area contributed by atoms with Crippen molar-refractivity contribution in [3.05, 3.63) is 48.0 Å². The minimum Gasteiger partial charge on any atom is -0.494 e. The van der Waals surface area contributed by atoms with E-state index in [0.717, 1.165) is 28.4 Å². The Bertz CT molecular complexity index is 716. The molecule has 0 unspecified atom stereocenters. The highest BCUT2D eigenvalue weighted by atomic mass is 16.5. The van der Waals surface area contributed by atoms with Crippen molar-refractivity contribution in [3.8, 4) is 5.75 Å². The minimum absolute atomic E-state index is 0.661. The van der Waals surface area contributed by atoms with E-state index in [4.69, 9.17) is 4.74 Å². The molecule has 3 aromatic rings. The number of anilines is 2. The number of rotatable bonds is 4. The predicted octanol–water partition coefficient (Wildman–Crippen LogP) is 4.01. The van der Waals surface area contributed by atoms with Gasteiger partial charge >= 0.3 is 0 Å². The van der Waals surface area contributed by atoms with Crippen LogP contribution in [0.4, 0.5) is 11.6 Å². The van der Waals surface area contributed by atoms with Gasteiger partial charge in [-0.1, -0.05) is 17.7 Å². The number of aryl methyl sites for hydroxylation is 1. The van der Waals surface area contributed by atoms with Crippen LogP contribution in [-0.4, -0.2) is 16.6 Å². The topological polar surface area (TPSA) is 49.9 Å². The highest BCUT2D eigenvalue weighted by Gasteiger charge is 2.04. The van der Waals surface area contributed by atoms with Gasteiger partial charge in [0, 0.05) is 11.8 Å². The number of fused-ring (bicyclic) bond motifs is 1. The summed E-state index contributed by atoms with van der Waals surface area (Å²) in [5, 5.41) is 3.26. The second kappa shape index (κ2) is 5.25. The molecule has 0 spiro atoms. The number of H-pyrrole nitrogens is 1. The minimum atomic E-state index is 0.661. The number of nitrogens with one attached hydrogen (secondary N) is 2. The van der Waals surface area contributed by atoms with E-state index in [2.05, 4.69) is 34.3 Å². The SMILES string of the molecule is CCOc1ccc2nc(Nc3ccc(C)cc3)[nH]c2c1. The van der Waals surface area contributed by atoms with Crippen molar-refractivity contribution in [2.45, 2.75) is 13.8 Å². The third-order valence-corrected chi connectivity index (χ3v) is 3.08. The fourth-order valence-corrected chi connectivity index (χ4v) is 2.08. The van der Waals surface area contributed by atoms with Crippen molar-refractivity contribution in [2.75, 3.05) is 11.9 Å². The average molecular weight is 267 g/mol. The van der Waals surface area contributed by atoms with Crippen LogP contribution in [0.5, 0.6) is 5.75 Å². The summed E-state index contributed by atoms with van der Waals surface area (Å²) < 4.78 is 5.49. The lowest BCUT2D eigenvalue weighted by molar-refractivity contribution is 0.340. The Hall–Kier alpha value is -2.49. The molecule has 4 heteroatoms. The molecule has 2 N–H and O–H groups in total. The van der Waals surface area contributed by atoms with Crippen molar-refractivity contribution >= 4 is 22.7 Å². The molecule has 1 heterocycles. The lowest BCUT2D eigenvalue weighted by Crippen LogP contribution is -1.91. The van der Waals surface area contributed by atoms with Gasteiger partial charge in [0.1, 0.15) is 5.75 Å². The van der Waals surface area contributed by atoms with E-state index < -0.39 is 0 Å². The summed E-state index contributed by atoms with van der Waals surface area (Å²) >= 11 is 0. The van der Waals surface area contributed by atoms with Gasteiger partial charge in [0.25, 0.3) is 0 Å². The molecular weight excluding hydrogens is 250 g/mol. The summed E-state index contributed by atoms with van der Waals surface area (Å²) in [6.45, 7) is 4.70. The fourth-order valence-electron chi connectivity index (χ4n) is 2.08. The van der Waals surface area contributed by atoms with Crippen LogP contribution in [-0.2, 0) is 0 Å². The summed E-state index contributed by atoms with van der Waals surface area (Å²) in [5.41, 5.74) is 4.13. The number of imidazole rings is 1. The van der Waals surface area contributed by atoms with Gasteiger partial charge in [-0.15, -0.1) is 0 Å². The van der Waals surface area contributed by atoms with Gasteiger partial charge in [0.2, 0.25) is 5.95 Å². The number of hydrogen-bond donors (Lipinski definition) is 2. The van der Waals surface area contributed by atoms with E-state index in [1.54, 1.807) is 0 Å². The fraction of sp³-hybridized carbons (Fsp3) is 0.188. The number of benzene rings is 2.